The zero-order valence-electron chi connectivity index (χ0n) is 15.9. The lowest BCUT2D eigenvalue weighted by Gasteiger charge is -2.36. The topological polar surface area (TPSA) is 103 Å². The molecule has 0 unspecified atom stereocenters. The van der Waals surface area contributed by atoms with Crippen molar-refractivity contribution in [1.82, 2.24) is 35.3 Å². The molecule has 1 amide bonds. The number of carbonyl (C=O) groups is 1. The number of rotatable bonds is 5. The van der Waals surface area contributed by atoms with Crippen molar-refractivity contribution in [1.29, 1.82) is 0 Å². The summed E-state index contributed by atoms with van der Waals surface area (Å²) in [6, 6.07) is 9.95. The highest BCUT2D eigenvalue weighted by Crippen LogP contribution is 2.37. The molecule has 3 aromatic rings. The summed E-state index contributed by atoms with van der Waals surface area (Å²) < 4.78 is 3.67. The van der Waals surface area contributed by atoms with E-state index in [0.717, 1.165) is 43.0 Å². The van der Waals surface area contributed by atoms with E-state index in [-0.39, 0.29) is 18.3 Å². The van der Waals surface area contributed by atoms with Crippen LogP contribution in [0.15, 0.2) is 42.7 Å². The van der Waals surface area contributed by atoms with Crippen molar-refractivity contribution < 1.29 is 4.79 Å². The van der Waals surface area contributed by atoms with E-state index in [1.807, 2.05) is 41.2 Å². The van der Waals surface area contributed by atoms with E-state index in [0.29, 0.717) is 18.9 Å². The lowest BCUT2D eigenvalue weighted by molar-refractivity contribution is -0.126. The van der Waals surface area contributed by atoms with Gasteiger partial charge in [0.05, 0.1) is 6.04 Å². The van der Waals surface area contributed by atoms with E-state index in [4.69, 9.17) is 0 Å². The van der Waals surface area contributed by atoms with Gasteiger partial charge in [0.25, 0.3) is 5.91 Å². The molecule has 2 fully saturated rings. The molecule has 1 saturated carbocycles. The number of benzene rings is 1. The fourth-order valence-electron chi connectivity index (χ4n) is 3.85. The highest BCUT2D eigenvalue weighted by molar-refractivity contribution is 5.97. The van der Waals surface area contributed by atoms with Gasteiger partial charge in [0.2, 0.25) is 0 Å². The molecule has 0 spiro atoms. The highest BCUT2D eigenvalue weighted by atomic mass is 35.5. The van der Waals surface area contributed by atoms with E-state index >= 15 is 0 Å². The maximum absolute atomic E-state index is 13.3. The SMILES string of the molecule is Cl.O=C(Nc1cccc(-c2nnnn2C2CC2)c1)C1(n2cccn2)CCNCC1. The fraction of sp³-hybridized carbons (Fsp3) is 0.421. The number of carbonyl (C=O) groups excluding carboxylic acids is 1. The van der Waals surface area contributed by atoms with Crippen molar-refractivity contribution in [3.8, 4) is 11.4 Å². The molecule has 2 aliphatic rings. The highest BCUT2D eigenvalue weighted by Gasteiger charge is 2.42. The molecule has 1 aliphatic carbocycles. The van der Waals surface area contributed by atoms with Crippen LogP contribution in [0.4, 0.5) is 5.69 Å². The number of tetrazole rings is 1. The van der Waals surface area contributed by atoms with Crippen molar-refractivity contribution in [3.05, 3.63) is 42.7 Å². The van der Waals surface area contributed by atoms with Crippen LogP contribution in [0.1, 0.15) is 31.7 Å². The smallest absolute Gasteiger partial charge is 0.252 e. The second kappa shape index (κ2) is 7.92. The van der Waals surface area contributed by atoms with E-state index in [9.17, 15) is 4.79 Å². The molecule has 9 nitrogen and oxygen atoms in total. The Morgan fingerprint density at radius 2 is 2.03 bits per heavy atom. The van der Waals surface area contributed by atoms with Crippen LogP contribution >= 0.6 is 12.4 Å². The van der Waals surface area contributed by atoms with Crippen molar-refractivity contribution in [2.24, 2.45) is 0 Å². The van der Waals surface area contributed by atoms with Gasteiger partial charge < -0.3 is 10.6 Å². The maximum Gasteiger partial charge on any atom is 0.252 e. The third kappa shape index (κ3) is 3.63. The number of nitrogens with zero attached hydrogens (tertiary/aromatic N) is 6. The molecule has 2 N–H and O–H groups in total. The van der Waals surface area contributed by atoms with Gasteiger partial charge in [-0.1, -0.05) is 12.1 Å². The normalized spacial score (nSPS) is 18.1. The Labute approximate surface area is 174 Å². The second-order valence-electron chi connectivity index (χ2n) is 7.45. The Balaban J connectivity index is 0.00000205. The van der Waals surface area contributed by atoms with Gasteiger partial charge in [-0.25, -0.2) is 4.68 Å². The van der Waals surface area contributed by atoms with Crippen LogP contribution in [0, 0.1) is 0 Å². The average Bonchev–Trinajstić information content (AvgIpc) is 3.21. The Morgan fingerprint density at radius 1 is 1.21 bits per heavy atom. The number of aromatic nitrogens is 6. The van der Waals surface area contributed by atoms with E-state index < -0.39 is 5.54 Å². The molecular weight excluding hydrogens is 392 g/mol. The van der Waals surface area contributed by atoms with Gasteiger partial charge in [-0.15, -0.1) is 17.5 Å². The van der Waals surface area contributed by atoms with Gasteiger partial charge in [-0.2, -0.15) is 5.10 Å². The Bertz CT molecular complexity index is 976. The first-order valence-corrected chi connectivity index (χ1v) is 9.67. The number of hydrogen-bond acceptors (Lipinski definition) is 6. The standard InChI is InChI=1S/C19H22N8O.ClH/c28-18(19(7-10-20-11-8-19)26-12-2-9-21-26)22-15-4-1-3-14(13-15)17-23-24-25-27(17)16-5-6-16;/h1-4,9,12-13,16,20H,5-8,10-11H2,(H,22,28);1H. The lowest BCUT2D eigenvalue weighted by Crippen LogP contribution is -2.52. The second-order valence-corrected chi connectivity index (χ2v) is 7.45. The number of hydrogen-bond donors (Lipinski definition) is 2. The molecule has 3 heterocycles. The third-order valence-corrected chi connectivity index (χ3v) is 5.56. The van der Waals surface area contributed by atoms with Crippen LogP contribution in [0.25, 0.3) is 11.4 Å². The Kier molecular flexibility index (Phi) is 5.33. The van der Waals surface area contributed by atoms with Gasteiger partial charge in [0.15, 0.2) is 5.82 Å². The molecule has 1 aromatic carbocycles. The van der Waals surface area contributed by atoms with Crippen LogP contribution in [0.3, 0.4) is 0 Å². The number of piperidine rings is 1. The maximum atomic E-state index is 13.3. The third-order valence-electron chi connectivity index (χ3n) is 5.56. The van der Waals surface area contributed by atoms with Crippen molar-refractivity contribution >= 4 is 24.0 Å². The van der Waals surface area contributed by atoms with E-state index in [1.165, 1.54) is 0 Å². The molecule has 1 aliphatic heterocycles. The molecule has 0 bridgehead atoms. The molecule has 0 radical (unpaired) electrons. The first-order chi connectivity index (χ1) is 13.8. The first kappa shape index (κ1) is 19.5. The quantitative estimate of drug-likeness (QED) is 0.662. The molecular formula is C19H23ClN8O. The van der Waals surface area contributed by atoms with Crippen molar-refractivity contribution in [3.63, 3.8) is 0 Å². The van der Waals surface area contributed by atoms with E-state index in [2.05, 4.69) is 31.3 Å². The van der Waals surface area contributed by atoms with Crippen molar-refractivity contribution in [2.75, 3.05) is 18.4 Å². The van der Waals surface area contributed by atoms with Crippen LogP contribution in [0.5, 0.6) is 0 Å². The molecule has 1 saturated heterocycles. The number of nitrogens with one attached hydrogen (secondary N) is 2. The first-order valence-electron chi connectivity index (χ1n) is 9.67. The monoisotopic (exact) mass is 414 g/mol. The molecule has 152 valence electrons. The molecule has 2 aromatic heterocycles. The van der Waals surface area contributed by atoms with E-state index in [1.54, 1.807) is 10.9 Å². The Hall–Kier alpha value is -2.78. The van der Waals surface area contributed by atoms with Crippen LogP contribution in [-0.2, 0) is 10.3 Å². The predicted octanol–water partition coefficient (Wildman–Crippen LogP) is 2.01. The Morgan fingerprint density at radius 3 is 2.76 bits per heavy atom. The zero-order chi connectivity index (χ0) is 19.0. The van der Waals surface area contributed by atoms with Gasteiger partial charge in [0.1, 0.15) is 5.54 Å². The molecule has 10 heteroatoms. The summed E-state index contributed by atoms with van der Waals surface area (Å²) in [6.45, 7) is 1.56. The summed E-state index contributed by atoms with van der Waals surface area (Å²) in [5.41, 5.74) is 0.950. The summed E-state index contributed by atoms with van der Waals surface area (Å²) in [4.78, 5) is 13.3. The van der Waals surface area contributed by atoms with Gasteiger partial charge in [0, 0.05) is 23.6 Å². The summed E-state index contributed by atoms with van der Waals surface area (Å²) in [6.07, 6.45) is 7.19. The largest absolute Gasteiger partial charge is 0.324 e. The average molecular weight is 415 g/mol. The zero-order valence-corrected chi connectivity index (χ0v) is 16.7. The van der Waals surface area contributed by atoms with Crippen LogP contribution in [-0.4, -0.2) is 49.0 Å². The number of halogens is 1. The summed E-state index contributed by atoms with van der Waals surface area (Å²) in [5.74, 6) is 0.693. The number of amides is 1. The molecule has 0 atom stereocenters. The molecule has 29 heavy (non-hydrogen) atoms. The minimum absolute atomic E-state index is 0. The van der Waals surface area contributed by atoms with Crippen molar-refractivity contribution in [2.45, 2.75) is 37.3 Å². The summed E-state index contributed by atoms with van der Waals surface area (Å²) >= 11 is 0. The summed E-state index contributed by atoms with van der Waals surface area (Å²) in [7, 11) is 0. The summed E-state index contributed by atoms with van der Waals surface area (Å²) in [5, 5.41) is 22.9. The fourth-order valence-corrected chi connectivity index (χ4v) is 3.85. The lowest BCUT2D eigenvalue weighted by atomic mass is 9.87. The predicted molar refractivity (Wildman–Crippen MR) is 110 cm³/mol. The van der Waals surface area contributed by atoms with Gasteiger partial charge in [-0.3, -0.25) is 9.48 Å². The minimum atomic E-state index is -0.680. The van der Waals surface area contributed by atoms with Gasteiger partial charge >= 0.3 is 0 Å². The van der Waals surface area contributed by atoms with Crippen LogP contribution in [0.2, 0.25) is 0 Å². The minimum Gasteiger partial charge on any atom is -0.324 e. The van der Waals surface area contributed by atoms with Crippen LogP contribution < -0.4 is 10.6 Å². The van der Waals surface area contributed by atoms with Gasteiger partial charge in [-0.05, 0) is 67.4 Å². The molecule has 5 rings (SSSR count). The number of anilines is 1.